The van der Waals surface area contributed by atoms with Gasteiger partial charge in [0.05, 0.1) is 41.2 Å². The molecule has 2 aliphatic rings. The molecular formula is C32H47N7. The van der Waals surface area contributed by atoms with E-state index in [1.165, 1.54) is 18.4 Å². The molecule has 2 saturated heterocycles. The Bertz CT molecular complexity index is 1170. The number of H-pyrrole nitrogens is 1. The summed E-state index contributed by atoms with van der Waals surface area (Å²) >= 11 is 0. The Hall–Kier alpha value is -3.61. The Morgan fingerprint density at radius 1 is 1.23 bits per heavy atom. The Morgan fingerprint density at radius 3 is 2.69 bits per heavy atom. The van der Waals surface area contributed by atoms with Gasteiger partial charge in [-0.25, -0.2) is 9.97 Å². The van der Waals surface area contributed by atoms with Gasteiger partial charge in [0.25, 0.3) is 0 Å². The molecular weight excluding hydrogens is 482 g/mol. The minimum atomic E-state index is -0.0897. The molecule has 3 N–H and O–H groups in total. The van der Waals surface area contributed by atoms with Gasteiger partial charge in [0.2, 0.25) is 0 Å². The van der Waals surface area contributed by atoms with Crippen molar-refractivity contribution in [3.05, 3.63) is 78.2 Å². The first-order valence-corrected chi connectivity index (χ1v) is 14.6. The van der Waals surface area contributed by atoms with Crippen LogP contribution in [0.15, 0.2) is 66.7 Å². The lowest BCUT2D eigenvalue weighted by molar-refractivity contribution is 0.379. The van der Waals surface area contributed by atoms with Gasteiger partial charge in [0.1, 0.15) is 11.7 Å². The fraction of sp³-hybridized carbons (Fsp3) is 0.469. The van der Waals surface area contributed by atoms with E-state index in [0.29, 0.717) is 17.7 Å². The number of aromatic nitrogens is 3. The molecule has 4 rings (SSSR count). The lowest BCUT2D eigenvalue weighted by Crippen LogP contribution is -2.34. The summed E-state index contributed by atoms with van der Waals surface area (Å²) in [5.41, 5.74) is 3.95. The number of aromatic amines is 1. The molecule has 0 aromatic carbocycles. The maximum absolute atomic E-state index is 8.63. The summed E-state index contributed by atoms with van der Waals surface area (Å²) in [4.78, 5) is 17.4. The molecule has 0 spiro atoms. The van der Waals surface area contributed by atoms with Crippen LogP contribution in [0.2, 0.25) is 0 Å². The van der Waals surface area contributed by atoms with Crippen LogP contribution in [-0.4, -0.2) is 56.3 Å². The predicted octanol–water partition coefficient (Wildman–Crippen LogP) is 7.08. The maximum Gasteiger partial charge on any atom is 0.130 e. The van der Waals surface area contributed by atoms with E-state index in [2.05, 4.69) is 64.6 Å². The van der Waals surface area contributed by atoms with Crippen LogP contribution in [0.4, 0.5) is 0 Å². The quantitative estimate of drug-likeness (QED) is 0.174. The first kappa shape index (κ1) is 29.9. The van der Waals surface area contributed by atoms with Gasteiger partial charge >= 0.3 is 0 Å². The predicted molar refractivity (Wildman–Crippen MR) is 164 cm³/mol. The summed E-state index contributed by atoms with van der Waals surface area (Å²) in [6.07, 6.45) is 17.6. The smallest absolute Gasteiger partial charge is 0.130 e. The molecule has 2 aliphatic heterocycles. The Morgan fingerprint density at radius 2 is 2.00 bits per heavy atom. The third kappa shape index (κ3) is 7.71. The van der Waals surface area contributed by atoms with E-state index in [4.69, 9.17) is 10.4 Å². The number of nitrogens with zero attached hydrogens (tertiary/aromatic N) is 4. The van der Waals surface area contributed by atoms with Crippen molar-refractivity contribution in [3.63, 3.8) is 0 Å². The number of likely N-dealkylation sites (tertiary alicyclic amines) is 2. The Kier molecular flexibility index (Phi) is 11.6. The number of amidine groups is 1. The highest BCUT2D eigenvalue weighted by Crippen LogP contribution is 2.25. The van der Waals surface area contributed by atoms with Crippen LogP contribution in [0.25, 0.3) is 17.5 Å². The minimum Gasteiger partial charge on any atom is -0.360 e. The Labute approximate surface area is 235 Å². The maximum atomic E-state index is 8.63. The minimum absolute atomic E-state index is 0.0897. The highest BCUT2D eigenvalue weighted by molar-refractivity contribution is 5.94. The van der Waals surface area contributed by atoms with Crippen LogP contribution < -0.4 is 5.32 Å². The van der Waals surface area contributed by atoms with Gasteiger partial charge < -0.3 is 20.1 Å². The van der Waals surface area contributed by atoms with Crippen LogP contribution in [0.5, 0.6) is 0 Å². The number of pyridine rings is 1. The zero-order valence-corrected chi connectivity index (χ0v) is 24.5. The highest BCUT2D eigenvalue weighted by Gasteiger charge is 2.26. The monoisotopic (exact) mass is 529 g/mol. The zero-order chi connectivity index (χ0) is 28.2. The summed E-state index contributed by atoms with van der Waals surface area (Å²) in [6, 6.07) is 6.28. The largest absolute Gasteiger partial charge is 0.360 e. The molecule has 2 aromatic heterocycles. The third-order valence-electron chi connectivity index (χ3n) is 7.23. The second kappa shape index (κ2) is 15.1. The average molecular weight is 530 g/mol. The van der Waals surface area contributed by atoms with Crippen LogP contribution in [0.3, 0.4) is 0 Å². The van der Waals surface area contributed by atoms with E-state index in [1.807, 2.05) is 50.3 Å². The van der Waals surface area contributed by atoms with Crippen molar-refractivity contribution < 1.29 is 0 Å². The number of imidazole rings is 1. The topological polar surface area (TPSA) is 83.9 Å². The zero-order valence-electron chi connectivity index (χ0n) is 24.5. The SMILES string of the molecule is C=CC(N/C(=C\C)N1CCCC1)c1cccc(-c2cnc(/C=C\C(=N)N3CCC[C@@H]3/C(C)=C/CC)[nH]2)n1.CC. The van der Waals surface area contributed by atoms with Crippen molar-refractivity contribution in [3.8, 4) is 11.4 Å². The molecule has 0 amide bonds. The molecule has 0 bridgehead atoms. The van der Waals surface area contributed by atoms with Crippen LogP contribution in [0.1, 0.15) is 84.3 Å². The van der Waals surface area contributed by atoms with Crippen LogP contribution in [0, 0.1) is 5.41 Å². The van der Waals surface area contributed by atoms with Gasteiger partial charge in [0.15, 0.2) is 0 Å². The normalized spacial score (nSPS) is 18.7. The summed E-state index contributed by atoms with van der Waals surface area (Å²) < 4.78 is 0. The van der Waals surface area contributed by atoms with Crippen LogP contribution >= 0.6 is 0 Å². The molecule has 0 aliphatic carbocycles. The first-order chi connectivity index (χ1) is 19.0. The second-order valence-electron chi connectivity index (χ2n) is 9.78. The third-order valence-corrected chi connectivity index (χ3v) is 7.23. The lowest BCUT2D eigenvalue weighted by Gasteiger charge is -2.26. The number of nitrogens with one attached hydrogen (secondary N) is 3. The van der Waals surface area contributed by atoms with E-state index in [-0.39, 0.29) is 6.04 Å². The highest BCUT2D eigenvalue weighted by atomic mass is 15.3. The van der Waals surface area contributed by atoms with E-state index in [1.54, 1.807) is 6.20 Å². The van der Waals surface area contributed by atoms with E-state index >= 15 is 0 Å². The molecule has 7 heteroatoms. The number of allylic oxidation sites excluding steroid dienone is 2. The molecule has 4 heterocycles. The summed E-state index contributed by atoms with van der Waals surface area (Å²) in [6.45, 7) is 17.6. The fourth-order valence-corrected chi connectivity index (χ4v) is 5.29. The molecule has 7 nitrogen and oxygen atoms in total. The average Bonchev–Trinajstić information content (AvgIpc) is 3.76. The van der Waals surface area contributed by atoms with Crippen molar-refractivity contribution in [2.24, 2.45) is 0 Å². The first-order valence-electron chi connectivity index (χ1n) is 14.6. The van der Waals surface area contributed by atoms with Gasteiger partial charge in [-0.1, -0.05) is 44.6 Å². The molecule has 2 aromatic rings. The molecule has 2 fully saturated rings. The summed E-state index contributed by atoms with van der Waals surface area (Å²) in [7, 11) is 0. The van der Waals surface area contributed by atoms with Crippen LogP contribution in [-0.2, 0) is 0 Å². The Balaban J connectivity index is 0.00000205. The number of hydrogen-bond donors (Lipinski definition) is 3. The van der Waals surface area contributed by atoms with Gasteiger partial charge in [-0.2, -0.15) is 0 Å². The van der Waals surface area contributed by atoms with Crippen molar-refractivity contribution >= 4 is 11.9 Å². The van der Waals surface area contributed by atoms with Gasteiger partial charge in [-0.3, -0.25) is 5.41 Å². The van der Waals surface area contributed by atoms with Crippen molar-refractivity contribution in [2.45, 2.75) is 78.8 Å². The summed E-state index contributed by atoms with van der Waals surface area (Å²) in [5, 5.41) is 12.2. The lowest BCUT2D eigenvalue weighted by atomic mass is 10.1. The van der Waals surface area contributed by atoms with Crippen molar-refractivity contribution in [1.29, 1.82) is 5.41 Å². The van der Waals surface area contributed by atoms with E-state index in [0.717, 1.165) is 61.8 Å². The van der Waals surface area contributed by atoms with E-state index < -0.39 is 0 Å². The number of hydrogen-bond acceptors (Lipinski definition) is 5. The second-order valence-corrected chi connectivity index (χ2v) is 9.78. The molecule has 1 unspecified atom stereocenters. The van der Waals surface area contributed by atoms with Gasteiger partial charge in [0, 0.05) is 19.6 Å². The molecule has 210 valence electrons. The molecule has 0 saturated carbocycles. The standard InChI is InChI=1S/C30H41N7.C2H6/c1-5-12-22(4)27-15-11-20-37(27)28(31)16-17-29-32-21-26(34-29)25-14-10-13-24(33-25)23(6-2)35-30(7-3)36-18-8-9-19-36;1-2/h6-7,10,12-14,16-17,21,23,27,31,35H,2,5,8-9,11,15,18-20H2,1,3-4H3,(H,32,34);1-2H3/b17-16-,22-12+,30-7+,31-28?;/t23?,27-;/m1./s1. The van der Waals surface area contributed by atoms with E-state index in [9.17, 15) is 0 Å². The molecule has 39 heavy (non-hydrogen) atoms. The van der Waals surface area contributed by atoms with Gasteiger partial charge in [-0.05, 0) is 76.3 Å². The van der Waals surface area contributed by atoms with Crippen molar-refractivity contribution in [2.75, 3.05) is 19.6 Å². The van der Waals surface area contributed by atoms with Crippen molar-refractivity contribution in [1.82, 2.24) is 30.1 Å². The fourth-order valence-electron chi connectivity index (χ4n) is 5.29. The molecule has 2 atom stereocenters. The molecule has 0 radical (unpaired) electrons. The van der Waals surface area contributed by atoms with Gasteiger partial charge in [-0.15, -0.1) is 6.58 Å². The summed E-state index contributed by atoms with van der Waals surface area (Å²) in [5.74, 6) is 2.38. The number of rotatable bonds is 10.